The zero-order chi connectivity index (χ0) is 29.6. The Morgan fingerprint density at radius 3 is 2.52 bits per heavy atom. The Bertz CT molecular complexity index is 1650. The first-order valence-electron chi connectivity index (χ1n) is 13.5. The largest absolute Gasteiger partial charge is 0.417 e. The number of fused-ring (bicyclic) bond motifs is 1. The molecule has 10 nitrogen and oxygen atoms in total. The van der Waals surface area contributed by atoms with E-state index >= 15 is 0 Å². The Hall–Kier alpha value is -4.52. The molecule has 1 atom stereocenters. The van der Waals surface area contributed by atoms with Crippen LogP contribution in [0.5, 0.6) is 0 Å². The summed E-state index contributed by atoms with van der Waals surface area (Å²) in [6.45, 7) is 4.02. The van der Waals surface area contributed by atoms with Gasteiger partial charge in [0.2, 0.25) is 5.91 Å². The van der Waals surface area contributed by atoms with E-state index in [1.807, 2.05) is 16.2 Å². The standard InChI is InChI=1S/C29H28F3N7O3/c1-28(15-42-16-28)27(41)38-11-2-3-19(14-38)25-37-22(23-24(33)34-10-12-39(23)25)17-4-6-18(7-5-17)26(40)36-21-9-8-20(13-35-21)29(30,31)32/h4-10,12-13,19H,2-3,11,14-16H2,1H3,(H2,33,34)(H,35,36,40)/t19-/m1/s1. The number of nitrogens with one attached hydrogen (secondary N) is 1. The first kappa shape index (κ1) is 27.6. The summed E-state index contributed by atoms with van der Waals surface area (Å²) in [6.07, 6.45) is 1.27. The molecule has 0 unspecified atom stereocenters. The number of nitrogens with two attached hydrogens (primary N) is 1. The molecule has 2 aliphatic heterocycles. The van der Waals surface area contributed by atoms with Gasteiger partial charge >= 0.3 is 6.18 Å². The van der Waals surface area contributed by atoms with Crippen molar-refractivity contribution in [1.29, 1.82) is 0 Å². The highest BCUT2D eigenvalue weighted by molar-refractivity contribution is 6.04. The molecule has 3 N–H and O–H groups in total. The predicted molar refractivity (Wildman–Crippen MR) is 148 cm³/mol. The number of ether oxygens (including phenoxy) is 1. The van der Waals surface area contributed by atoms with Crippen molar-refractivity contribution in [3.8, 4) is 11.3 Å². The van der Waals surface area contributed by atoms with Crippen LogP contribution in [0.25, 0.3) is 16.8 Å². The Morgan fingerprint density at radius 2 is 1.88 bits per heavy atom. The number of imidazole rings is 1. The number of nitrogen functional groups attached to an aromatic ring is 1. The molecule has 2 saturated heterocycles. The number of carbonyl (C=O) groups is 2. The van der Waals surface area contributed by atoms with Crippen LogP contribution in [-0.4, -0.2) is 62.4 Å². The van der Waals surface area contributed by atoms with Gasteiger partial charge in [0.05, 0.1) is 24.2 Å². The van der Waals surface area contributed by atoms with Gasteiger partial charge in [-0.05, 0) is 44.0 Å². The van der Waals surface area contributed by atoms with Crippen LogP contribution in [-0.2, 0) is 15.7 Å². The summed E-state index contributed by atoms with van der Waals surface area (Å²) >= 11 is 0. The van der Waals surface area contributed by atoms with Gasteiger partial charge in [0.15, 0.2) is 0 Å². The van der Waals surface area contributed by atoms with Crippen LogP contribution in [0, 0.1) is 5.41 Å². The minimum Gasteiger partial charge on any atom is -0.382 e. The Morgan fingerprint density at radius 1 is 1.12 bits per heavy atom. The number of rotatable bonds is 5. The van der Waals surface area contributed by atoms with Crippen LogP contribution in [0.3, 0.4) is 0 Å². The number of carbonyl (C=O) groups excluding carboxylic acids is 2. The van der Waals surface area contributed by atoms with Crippen molar-refractivity contribution in [2.24, 2.45) is 5.41 Å². The van der Waals surface area contributed by atoms with Gasteiger partial charge in [-0.2, -0.15) is 13.2 Å². The third-order valence-electron chi connectivity index (χ3n) is 7.79. The molecule has 13 heteroatoms. The van der Waals surface area contributed by atoms with Crippen LogP contribution >= 0.6 is 0 Å². The van der Waals surface area contributed by atoms with Crippen molar-refractivity contribution in [3.05, 3.63) is 71.9 Å². The maximum absolute atomic E-state index is 13.2. The Balaban J connectivity index is 1.24. The number of hydrogen-bond acceptors (Lipinski definition) is 7. The third kappa shape index (κ3) is 5.04. The van der Waals surface area contributed by atoms with Crippen LogP contribution in [0.1, 0.15) is 47.4 Å². The summed E-state index contributed by atoms with van der Waals surface area (Å²) in [7, 11) is 0. The average molecular weight is 580 g/mol. The maximum atomic E-state index is 13.2. The van der Waals surface area contributed by atoms with E-state index in [4.69, 9.17) is 15.5 Å². The monoisotopic (exact) mass is 579 g/mol. The quantitative estimate of drug-likeness (QED) is 0.359. The predicted octanol–water partition coefficient (Wildman–Crippen LogP) is 4.39. The topological polar surface area (TPSA) is 128 Å². The molecule has 0 spiro atoms. The molecular weight excluding hydrogens is 551 g/mol. The van der Waals surface area contributed by atoms with Crippen LogP contribution in [0.2, 0.25) is 0 Å². The summed E-state index contributed by atoms with van der Waals surface area (Å²) in [4.78, 5) is 40.8. The number of likely N-dealkylation sites (tertiary alicyclic amines) is 1. The zero-order valence-corrected chi connectivity index (χ0v) is 22.7. The second-order valence-electron chi connectivity index (χ2n) is 11.0. The number of piperidine rings is 1. The fourth-order valence-corrected chi connectivity index (χ4v) is 5.47. The van der Waals surface area contributed by atoms with E-state index in [-0.39, 0.29) is 23.2 Å². The minimum atomic E-state index is -4.51. The third-order valence-corrected chi connectivity index (χ3v) is 7.79. The van der Waals surface area contributed by atoms with Crippen LogP contribution in [0.4, 0.5) is 24.8 Å². The Labute approximate surface area is 238 Å². The number of hydrogen-bond donors (Lipinski definition) is 2. The molecule has 4 aromatic rings. The number of aromatic nitrogens is 4. The lowest BCUT2D eigenvalue weighted by atomic mass is 9.85. The van der Waals surface area contributed by atoms with Crippen LogP contribution < -0.4 is 11.1 Å². The smallest absolute Gasteiger partial charge is 0.382 e. The van der Waals surface area contributed by atoms with Gasteiger partial charge in [0.25, 0.3) is 5.91 Å². The molecule has 2 amide bonds. The molecule has 2 aliphatic rings. The van der Waals surface area contributed by atoms with Gasteiger partial charge in [-0.3, -0.25) is 14.0 Å². The summed E-state index contributed by atoms with van der Waals surface area (Å²) in [5.41, 5.74) is 7.12. The zero-order valence-electron chi connectivity index (χ0n) is 22.7. The molecule has 5 heterocycles. The number of pyridine rings is 1. The first-order valence-corrected chi connectivity index (χ1v) is 13.5. The van der Waals surface area contributed by atoms with Gasteiger partial charge in [-0.25, -0.2) is 15.0 Å². The number of benzene rings is 1. The number of nitrogens with zero attached hydrogens (tertiary/aromatic N) is 5. The number of halogens is 3. The molecule has 0 aliphatic carbocycles. The molecule has 218 valence electrons. The van der Waals surface area contributed by atoms with E-state index in [1.165, 1.54) is 0 Å². The summed E-state index contributed by atoms with van der Waals surface area (Å²) in [6, 6.07) is 8.59. The highest BCUT2D eigenvalue weighted by Crippen LogP contribution is 2.36. The average Bonchev–Trinajstić information content (AvgIpc) is 3.36. The molecule has 0 bridgehead atoms. The second-order valence-corrected chi connectivity index (χ2v) is 11.0. The fourth-order valence-electron chi connectivity index (χ4n) is 5.47. The van der Waals surface area contributed by atoms with Crippen molar-refractivity contribution in [1.82, 2.24) is 24.3 Å². The van der Waals surface area contributed by atoms with E-state index in [0.717, 1.165) is 30.8 Å². The molecule has 6 rings (SSSR count). The summed E-state index contributed by atoms with van der Waals surface area (Å²) in [5.74, 6) is 0.626. The van der Waals surface area contributed by atoms with Gasteiger partial charge < -0.3 is 20.7 Å². The number of anilines is 2. The highest BCUT2D eigenvalue weighted by Gasteiger charge is 2.44. The van der Waals surface area contributed by atoms with E-state index in [2.05, 4.69) is 15.3 Å². The van der Waals surface area contributed by atoms with Crippen molar-refractivity contribution in [2.45, 2.75) is 31.9 Å². The summed E-state index contributed by atoms with van der Waals surface area (Å²) in [5, 5.41) is 2.51. The normalized spacial score (nSPS) is 18.5. The van der Waals surface area contributed by atoms with Gasteiger partial charge in [-0.1, -0.05) is 12.1 Å². The lowest BCUT2D eigenvalue weighted by Gasteiger charge is -2.42. The van der Waals surface area contributed by atoms with Crippen molar-refractivity contribution >= 4 is 29.0 Å². The second kappa shape index (κ2) is 10.4. The Kier molecular flexibility index (Phi) is 6.84. The van der Waals surface area contributed by atoms with Crippen molar-refractivity contribution < 1.29 is 27.5 Å². The maximum Gasteiger partial charge on any atom is 0.417 e. The fraction of sp³-hybridized carbons (Fsp3) is 0.345. The van der Waals surface area contributed by atoms with Gasteiger partial charge in [-0.15, -0.1) is 0 Å². The SMILES string of the molecule is CC1(C(=O)N2CCC[C@@H](c3nc(-c4ccc(C(=O)Nc5ccc(C(F)(F)F)cn5)cc4)c4c(N)nccn34)C2)COC1. The molecule has 42 heavy (non-hydrogen) atoms. The highest BCUT2D eigenvalue weighted by atomic mass is 19.4. The van der Waals surface area contributed by atoms with E-state index in [0.29, 0.717) is 55.1 Å². The summed E-state index contributed by atoms with van der Waals surface area (Å²) < 4.78 is 45.6. The lowest BCUT2D eigenvalue weighted by Crippen LogP contribution is -2.55. The van der Waals surface area contributed by atoms with E-state index in [1.54, 1.807) is 36.7 Å². The minimum absolute atomic E-state index is 0.000466. The molecule has 0 radical (unpaired) electrons. The first-order chi connectivity index (χ1) is 20.0. The molecular formula is C29H28F3N7O3. The lowest BCUT2D eigenvalue weighted by molar-refractivity contribution is -0.170. The number of amides is 2. The van der Waals surface area contributed by atoms with E-state index in [9.17, 15) is 22.8 Å². The molecule has 2 fully saturated rings. The molecule has 0 saturated carbocycles. The van der Waals surface area contributed by atoms with Gasteiger partial charge in [0.1, 0.15) is 28.7 Å². The van der Waals surface area contributed by atoms with Crippen LogP contribution in [0.15, 0.2) is 55.0 Å². The molecule has 1 aromatic carbocycles. The van der Waals surface area contributed by atoms with Gasteiger partial charge in [0, 0.05) is 48.7 Å². The molecule has 3 aromatic heterocycles. The van der Waals surface area contributed by atoms with E-state index < -0.39 is 23.1 Å². The van der Waals surface area contributed by atoms with Crippen molar-refractivity contribution in [3.63, 3.8) is 0 Å². The van der Waals surface area contributed by atoms with Crippen molar-refractivity contribution in [2.75, 3.05) is 37.4 Å². The number of alkyl halides is 3.